The predicted molar refractivity (Wildman–Crippen MR) is 80.6 cm³/mol. The van der Waals surface area contributed by atoms with Gasteiger partial charge < -0.3 is 4.90 Å². The van der Waals surface area contributed by atoms with Gasteiger partial charge in [0.15, 0.2) is 0 Å². The van der Waals surface area contributed by atoms with E-state index in [0.29, 0.717) is 11.3 Å². The normalized spacial score (nSPS) is 21.3. The first-order chi connectivity index (χ1) is 9.00. The number of hydrogen-bond donors (Lipinski definition) is 0. The quantitative estimate of drug-likeness (QED) is 0.771. The maximum Gasteiger partial charge on any atom is 0.147 e. The molecular weight excluding hydrogens is 258 g/mol. The summed E-state index contributed by atoms with van der Waals surface area (Å²) in [5.41, 5.74) is 1.25. The lowest BCUT2D eigenvalue weighted by atomic mass is 9.77. The van der Waals surface area contributed by atoms with Gasteiger partial charge in [0, 0.05) is 13.1 Å². The second-order valence-corrected chi connectivity index (χ2v) is 6.75. The molecule has 0 aromatic carbocycles. The molecule has 1 aromatic rings. The molecule has 1 fully saturated rings. The van der Waals surface area contributed by atoms with E-state index >= 15 is 0 Å². The summed E-state index contributed by atoms with van der Waals surface area (Å²) in [5.74, 6) is 2.22. The molecule has 0 bridgehead atoms. The Morgan fingerprint density at radius 1 is 1.21 bits per heavy atom. The molecule has 1 aromatic heterocycles. The third-order valence-corrected chi connectivity index (χ3v) is 4.38. The molecule has 1 aliphatic rings. The predicted octanol–water partition coefficient (Wildman–Crippen LogP) is 3.87. The fourth-order valence-corrected chi connectivity index (χ4v) is 2.91. The molecule has 4 heteroatoms. The lowest BCUT2D eigenvalue weighted by Gasteiger charge is -2.29. The second-order valence-electron chi connectivity index (χ2n) is 6.48. The van der Waals surface area contributed by atoms with Gasteiger partial charge in [0.05, 0.1) is 24.0 Å². The molecule has 0 radical (unpaired) electrons. The van der Waals surface area contributed by atoms with Gasteiger partial charge in [-0.25, -0.2) is 4.98 Å². The van der Waals surface area contributed by atoms with Crippen LogP contribution in [0.15, 0.2) is 12.4 Å². The smallest absolute Gasteiger partial charge is 0.147 e. The molecule has 0 saturated carbocycles. The molecule has 106 valence electrons. The Hall–Kier alpha value is -0.830. The summed E-state index contributed by atoms with van der Waals surface area (Å²) in [4.78, 5) is 11.2. The molecule has 0 spiro atoms. The maximum absolute atomic E-state index is 5.74. The Kier molecular flexibility index (Phi) is 4.67. The molecule has 1 aliphatic heterocycles. The van der Waals surface area contributed by atoms with Gasteiger partial charge in [-0.3, -0.25) is 4.98 Å². The highest BCUT2D eigenvalue weighted by molar-refractivity contribution is 6.16. The molecule has 0 amide bonds. The van der Waals surface area contributed by atoms with E-state index in [1.807, 2.05) is 6.20 Å². The molecular formula is C15H24ClN3. The van der Waals surface area contributed by atoms with Gasteiger partial charge in [0.25, 0.3) is 0 Å². The summed E-state index contributed by atoms with van der Waals surface area (Å²) >= 11 is 5.74. The lowest BCUT2D eigenvalue weighted by molar-refractivity contribution is 0.220. The first-order valence-electron chi connectivity index (χ1n) is 7.12. The van der Waals surface area contributed by atoms with Crippen LogP contribution in [0.2, 0.25) is 0 Å². The number of nitrogens with zero attached hydrogens (tertiary/aromatic N) is 3. The van der Waals surface area contributed by atoms with Crippen LogP contribution in [0.3, 0.4) is 0 Å². The fraction of sp³-hybridized carbons (Fsp3) is 0.733. The minimum absolute atomic E-state index is 0.407. The van der Waals surface area contributed by atoms with Crippen LogP contribution in [0.1, 0.15) is 45.7 Å². The summed E-state index contributed by atoms with van der Waals surface area (Å²) in [6, 6.07) is 0. The number of halogens is 1. The van der Waals surface area contributed by atoms with Crippen molar-refractivity contribution in [2.45, 2.75) is 45.9 Å². The molecule has 1 saturated heterocycles. The van der Waals surface area contributed by atoms with Crippen molar-refractivity contribution in [3.63, 3.8) is 0 Å². The van der Waals surface area contributed by atoms with Crippen LogP contribution in [0.4, 0.5) is 5.82 Å². The molecule has 3 nitrogen and oxygen atoms in total. The average molecular weight is 282 g/mol. The second kappa shape index (κ2) is 6.08. The van der Waals surface area contributed by atoms with Crippen LogP contribution in [-0.2, 0) is 5.88 Å². The van der Waals surface area contributed by atoms with Crippen LogP contribution in [0.5, 0.6) is 0 Å². The third-order valence-electron chi connectivity index (χ3n) is 4.11. The number of anilines is 1. The van der Waals surface area contributed by atoms with Gasteiger partial charge in [0.2, 0.25) is 0 Å². The fourth-order valence-electron chi connectivity index (χ4n) is 2.77. The molecule has 2 heterocycles. The lowest BCUT2D eigenvalue weighted by Crippen LogP contribution is -2.26. The first-order valence-corrected chi connectivity index (χ1v) is 7.66. The highest BCUT2D eigenvalue weighted by atomic mass is 35.5. The molecule has 0 aliphatic carbocycles. The Labute approximate surface area is 121 Å². The average Bonchev–Trinajstić information content (AvgIpc) is 2.64. The summed E-state index contributed by atoms with van der Waals surface area (Å²) < 4.78 is 0. The summed E-state index contributed by atoms with van der Waals surface area (Å²) in [5, 5.41) is 0. The van der Waals surface area contributed by atoms with Crippen molar-refractivity contribution >= 4 is 17.4 Å². The summed E-state index contributed by atoms with van der Waals surface area (Å²) in [6.45, 7) is 9.21. The number of aromatic nitrogens is 2. The van der Waals surface area contributed by atoms with Gasteiger partial charge >= 0.3 is 0 Å². The SMILES string of the molecule is CC(C)(C)C1CCCN(c2cnc(CCl)cn2)CC1. The van der Waals surface area contributed by atoms with Crippen molar-refractivity contribution in [2.75, 3.05) is 18.0 Å². The topological polar surface area (TPSA) is 29.0 Å². The standard InChI is InChI=1S/C15H24ClN3/c1-15(2,3)12-5-4-7-19(8-6-12)14-11-17-13(9-16)10-18-14/h10-12H,4-9H2,1-3H3. The van der Waals surface area contributed by atoms with Crippen LogP contribution < -0.4 is 4.90 Å². The minimum Gasteiger partial charge on any atom is -0.355 e. The van der Waals surface area contributed by atoms with Crippen molar-refractivity contribution in [1.82, 2.24) is 9.97 Å². The number of rotatable bonds is 2. The van der Waals surface area contributed by atoms with E-state index in [1.165, 1.54) is 19.3 Å². The van der Waals surface area contributed by atoms with E-state index in [2.05, 4.69) is 35.6 Å². The van der Waals surface area contributed by atoms with E-state index in [9.17, 15) is 0 Å². The van der Waals surface area contributed by atoms with E-state index in [1.54, 1.807) is 6.20 Å². The van der Waals surface area contributed by atoms with Crippen LogP contribution in [0.25, 0.3) is 0 Å². The van der Waals surface area contributed by atoms with Crippen LogP contribution in [0, 0.1) is 11.3 Å². The van der Waals surface area contributed by atoms with E-state index in [0.717, 1.165) is 30.5 Å². The third kappa shape index (κ3) is 3.82. The number of hydrogen-bond acceptors (Lipinski definition) is 3. The molecule has 19 heavy (non-hydrogen) atoms. The van der Waals surface area contributed by atoms with E-state index in [4.69, 9.17) is 11.6 Å². The van der Waals surface area contributed by atoms with Gasteiger partial charge in [-0.05, 0) is 30.6 Å². The van der Waals surface area contributed by atoms with Crippen molar-refractivity contribution < 1.29 is 0 Å². The van der Waals surface area contributed by atoms with Crippen LogP contribution in [-0.4, -0.2) is 23.1 Å². The molecule has 0 N–H and O–H groups in total. The van der Waals surface area contributed by atoms with E-state index < -0.39 is 0 Å². The molecule has 1 unspecified atom stereocenters. The zero-order valence-electron chi connectivity index (χ0n) is 12.2. The Morgan fingerprint density at radius 3 is 2.58 bits per heavy atom. The van der Waals surface area contributed by atoms with Crippen molar-refractivity contribution in [1.29, 1.82) is 0 Å². The van der Waals surface area contributed by atoms with Gasteiger partial charge in [-0.1, -0.05) is 20.8 Å². The zero-order chi connectivity index (χ0) is 13.9. The highest BCUT2D eigenvalue weighted by Crippen LogP contribution is 2.34. The summed E-state index contributed by atoms with van der Waals surface area (Å²) in [7, 11) is 0. The van der Waals surface area contributed by atoms with E-state index in [-0.39, 0.29) is 0 Å². The zero-order valence-corrected chi connectivity index (χ0v) is 13.0. The Morgan fingerprint density at radius 2 is 2.00 bits per heavy atom. The van der Waals surface area contributed by atoms with Gasteiger partial charge in [0.1, 0.15) is 5.82 Å². The van der Waals surface area contributed by atoms with Gasteiger partial charge in [-0.15, -0.1) is 11.6 Å². The van der Waals surface area contributed by atoms with Crippen LogP contribution >= 0.6 is 11.6 Å². The maximum atomic E-state index is 5.74. The van der Waals surface area contributed by atoms with Crippen molar-refractivity contribution in [3.05, 3.63) is 18.1 Å². The monoisotopic (exact) mass is 281 g/mol. The van der Waals surface area contributed by atoms with Crippen molar-refractivity contribution in [3.8, 4) is 0 Å². The van der Waals surface area contributed by atoms with Gasteiger partial charge in [-0.2, -0.15) is 0 Å². The number of alkyl halides is 1. The minimum atomic E-state index is 0.407. The van der Waals surface area contributed by atoms with Crippen molar-refractivity contribution in [2.24, 2.45) is 11.3 Å². The molecule has 1 atom stereocenters. The Bertz CT molecular complexity index is 397. The largest absolute Gasteiger partial charge is 0.355 e. The summed E-state index contributed by atoms with van der Waals surface area (Å²) in [6.07, 6.45) is 7.43. The highest BCUT2D eigenvalue weighted by Gasteiger charge is 2.27. The first kappa shape index (κ1) is 14.6. The molecule has 2 rings (SSSR count). The Balaban J connectivity index is 2.02.